The summed E-state index contributed by atoms with van der Waals surface area (Å²) < 4.78 is 13.2. The topological polar surface area (TPSA) is 77.4 Å². The summed E-state index contributed by atoms with van der Waals surface area (Å²) in [5.74, 6) is 1.53. The second-order valence-corrected chi connectivity index (χ2v) is 8.08. The molecule has 2 amide bonds. The van der Waals surface area contributed by atoms with Crippen LogP contribution in [-0.2, 0) is 12.1 Å². The van der Waals surface area contributed by atoms with Crippen LogP contribution in [0.2, 0.25) is 0 Å². The number of hydrogen-bond donors (Lipinski definition) is 2. The average Bonchev–Trinajstić information content (AvgIpc) is 3.51. The van der Waals surface area contributed by atoms with Crippen LogP contribution in [0.3, 0.4) is 0 Å². The van der Waals surface area contributed by atoms with Crippen molar-refractivity contribution in [2.24, 2.45) is 0 Å². The van der Waals surface area contributed by atoms with E-state index in [4.69, 9.17) is 9.47 Å². The molecule has 2 heterocycles. The lowest BCUT2D eigenvalue weighted by Crippen LogP contribution is -2.48. The van der Waals surface area contributed by atoms with Gasteiger partial charge < -0.3 is 20.1 Å². The second kappa shape index (κ2) is 8.34. The van der Waals surface area contributed by atoms with Crippen LogP contribution < -0.4 is 20.1 Å². The molecule has 5 rings (SSSR count). The molecule has 1 aromatic heterocycles. The molecule has 160 valence electrons. The number of urea groups is 1. The predicted molar refractivity (Wildman–Crippen MR) is 117 cm³/mol. The first-order valence-electron chi connectivity index (χ1n) is 10.8. The molecule has 0 atom stereocenters. The molecular formula is C24H26N4O3. The lowest BCUT2D eigenvalue weighted by molar-refractivity contribution is 0.170. The zero-order valence-corrected chi connectivity index (χ0v) is 17.3. The summed E-state index contributed by atoms with van der Waals surface area (Å²) in [6, 6.07) is 15.7. The molecule has 1 aliphatic carbocycles. The van der Waals surface area contributed by atoms with Gasteiger partial charge in [-0.3, -0.25) is 0 Å². The van der Waals surface area contributed by atoms with Crippen molar-refractivity contribution in [2.45, 2.75) is 37.8 Å². The van der Waals surface area contributed by atoms with E-state index in [9.17, 15) is 4.79 Å². The molecule has 1 saturated carbocycles. The minimum atomic E-state index is -0.378. The molecule has 31 heavy (non-hydrogen) atoms. The number of amides is 2. The van der Waals surface area contributed by atoms with E-state index < -0.39 is 0 Å². The summed E-state index contributed by atoms with van der Waals surface area (Å²) in [4.78, 5) is 12.9. The van der Waals surface area contributed by atoms with Gasteiger partial charge in [0.2, 0.25) is 0 Å². The highest BCUT2D eigenvalue weighted by Gasteiger charge is 2.37. The smallest absolute Gasteiger partial charge is 0.315 e. The lowest BCUT2D eigenvalue weighted by atomic mass is 9.88. The van der Waals surface area contributed by atoms with Crippen molar-refractivity contribution in [2.75, 3.05) is 13.2 Å². The molecule has 2 aliphatic rings. The van der Waals surface area contributed by atoms with E-state index in [0.717, 1.165) is 54.0 Å². The zero-order chi connectivity index (χ0) is 21.1. The summed E-state index contributed by atoms with van der Waals surface area (Å²) in [7, 11) is 0. The van der Waals surface area contributed by atoms with Crippen molar-refractivity contribution in [1.82, 2.24) is 20.4 Å². The third kappa shape index (κ3) is 4.08. The Hall–Kier alpha value is -3.48. The molecule has 7 nitrogen and oxygen atoms in total. The number of nitrogens with one attached hydrogen (secondary N) is 2. The van der Waals surface area contributed by atoms with Crippen LogP contribution in [0, 0.1) is 0 Å². The van der Waals surface area contributed by atoms with Crippen LogP contribution in [0.1, 0.15) is 36.8 Å². The number of carbonyl (C=O) groups is 1. The van der Waals surface area contributed by atoms with Crippen molar-refractivity contribution in [3.63, 3.8) is 0 Å². The van der Waals surface area contributed by atoms with E-state index in [-0.39, 0.29) is 11.6 Å². The summed E-state index contributed by atoms with van der Waals surface area (Å²) in [5.41, 5.74) is 2.68. The highest BCUT2D eigenvalue weighted by Crippen LogP contribution is 2.42. The van der Waals surface area contributed by atoms with Gasteiger partial charge in [0.05, 0.1) is 11.2 Å². The molecule has 0 unspecified atom stereocenters. The second-order valence-electron chi connectivity index (χ2n) is 8.08. The van der Waals surface area contributed by atoms with Gasteiger partial charge in [-0.25, -0.2) is 9.48 Å². The highest BCUT2D eigenvalue weighted by atomic mass is 16.6. The molecule has 0 saturated heterocycles. The fraction of sp³-hybridized carbons (Fsp3) is 0.333. The fourth-order valence-corrected chi connectivity index (χ4v) is 4.48. The quantitative estimate of drug-likeness (QED) is 0.659. The van der Waals surface area contributed by atoms with Gasteiger partial charge in [-0.05, 0) is 54.3 Å². The van der Waals surface area contributed by atoms with Gasteiger partial charge in [-0.2, -0.15) is 5.10 Å². The number of aromatic nitrogens is 2. The summed E-state index contributed by atoms with van der Waals surface area (Å²) in [6.07, 6.45) is 7.64. The maximum Gasteiger partial charge on any atom is 0.315 e. The SMILES string of the molecule is O=C(NCc1cccc(-n2cccn2)c1)NC1(c2ccc3c(c2)OCCO3)CCCC1. The van der Waals surface area contributed by atoms with Gasteiger partial charge in [0.25, 0.3) is 0 Å². The Morgan fingerprint density at radius 2 is 1.87 bits per heavy atom. The Bertz CT molecular complexity index is 1060. The van der Waals surface area contributed by atoms with E-state index in [0.29, 0.717) is 19.8 Å². The first-order valence-corrected chi connectivity index (χ1v) is 10.8. The summed E-state index contributed by atoms with van der Waals surface area (Å²) >= 11 is 0. The Labute approximate surface area is 181 Å². The first kappa shape index (κ1) is 19.5. The molecule has 7 heteroatoms. The predicted octanol–water partition coefficient (Wildman–Crippen LogP) is 3.91. The molecule has 1 aliphatic heterocycles. The van der Waals surface area contributed by atoms with E-state index in [1.807, 2.05) is 54.7 Å². The molecule has 0 spiro atoms. The van der Waals surface area contributed by atoms with Crippen LogP contribution in [0.4, 0.5) is 4.79 Å². The van der Waals surface area contributed by atoms with Crippen molar-refractivity contribution >= 4 is 6.03 Å². The normalized spacial score (nSPS) is 16.6. The van der Waals surface area contributed by atoms with Gasteiger partial charge in [-0.1, -0.05) is 31.0 Å². The molecular weight excluding hydrogens is 392 g/mol. The lowest BCUT2D eigenvalue weighted by Gasteiger charge is -2.32. The van der Waals surface area contributed by atoms with E-state index in [1.54, 1.807) is 10.9 Å². The molecule has 2 N–H and O–H groups in total. The number of fused-ring (bicyclic) bond motifs is 1. The number of ether oxygens (including phenoxy) is 2. The molecule has 0 bridgehead atoms. The van der Waals surface area contributed by atoms with Crippen molar-refractivity contribution in [3.8, 4) is 17.2 Å². The molecule has 3 aromatic rings. The fourth-order valence-electron chi connectivity index (χ4n) is 4.48. The van der Waals surface area contributed by atoms with E-state index >= 15 is 0 Å². The van der Waals surface area contributed by atoms with Crippen molar-refractivity contribution in [3.05, 3.63) is 72.1 Å². The van der Waals surface area contributed by atoms with Gasteiger partial charge in [-0.15, -0.1) is 0 Å². The number of rotatable bonds is 5. The van der Waals surface area contributed by atoms with Gasteiger partial charge in [0, 0.05) is 18.9 Å². The van der Waals surface area contributed by atoms with Gasteiger partial charge in [0.1, 0.15) is 13.2 Å². The van der Waals surface area contributed by atoms with Gasteiger partial charge in [0.15, 0.2) is 11.5 Å². The van der Waals surface area contributed by atoms with Crippen LogP contribution in [0.25, 0.3) is 5.69 Å². The first-order chi connectivity index (χ1) is 15.2. The molecule has 2 aromatic carbocycles. The highest BCUT2D eigenvalue weighted by molar-refractivity contribution is 5.75. The van der Waals surface area contributed by atoms with E-state index in [1.165, 1.54) is 0 Å². The summed E-state index contributed by atoms with van der Waals surface area (Å²) in [5, 5.41) is 10.5. The van der Waals surface area contributed by atoms with E-state index in [2.05, 4.69) is 15.7 Å². The third-order valence-corrected chi connectivity index (χ3v) is 6.04. The minimum absolute atomic E-state index is 0.165. The maximum atomic E-state index is 12.9. The van der Waals surface area contributed by atoms with Crippen LogP contribution in [-0.4, -0.2) is 29.0 Å². The third-order valence-electron chi connectivity index (χ3n) is 6.04. The number of hydrogen-bond acceptors (Lipinski definition) is 4. The summed E-state index contributed by atoms with van der Waals surface area (Å²) in [6.45, 7) is 1.56. The standard InChI is InChI=1S/C24H26N4O3/c29-23(25-17-18-5-3-6-20(15-18)28-12-4-11-26-28)27-24(9-1-2-10-24)19-7-8-21-22(16-19)31-14-13-30-21/h3-8,11-12,15-16H,1-2,9-10,13-14,17H2,(H2,25,27,29). The number of benzene rings is 2. The van der Waals surface area contributed by atoms with Crippen molar-refractivity contribution < 1.29 is 14.3 Å². The molecule has 1 fully saturated rings. The number of nitrogens with zero attached hydrogens (tertiary/aromatic N) is 2. The zero-order valence-electron chi connectivity index (χ0n) is 17.3. The largest absolute Gasteiger partial charge is 0.486 e. The van der Waals surface area contributed by atoms with Crippen LogP contribution in [0.5, 0.6) is 11.5 Å². The van der Waals surface area contributed by atoms with Crippen LogP contribution in [0.15, 0.2) is 60.9 Å². The monoisotopic (exact) mass is 418 g/mol. The van der Waals surface area contributed by atoms with Crippen molar-refractivity contribution in [1.29, 1.82) is 0 Å². The number of carbonyl (C=O) groups excluding carboxylic acids is 1. The Balaban J connectivity index is 1.28. The average molecular weight is 418 g/mol. The van der Waals surface area contributed by atoms with Gasteiger partial charge >= 0.3 is 6.03 Å². The Morgan fingerprint density at radius 1 is 1.03 bits per heavy atom. The maximum absolute atomic E-state index is 12.9. The van der Waals surface area contributed by atoms with Crippen LogP contribution >= 0.6 is 0 Å². The molecule has 0 radical (unpaired) electrons. The Kier molecular flexibility index (Phi) is 5.24. The Morgan fingerprint density at radius 3 is 2.68 bits per heavy atom. The minimum Gasteiger partial charge on any atom is -0.486 e.